The molecule has 0 aliphatic heterocycles. The highest BCUT2D eigenvalue weighted by Crippen LogP contribution is 2.26. The molecule has 1 aromatic heterocycles. The summed E-state index contributed by atoms with van der Waals surface area (Å²) >= 11 is 7.54. The average molecular weight is 374 g/mol. The summed E-state index contributed by atoms with van der Waals surface area (Å²) in [4.78, 5) is 17.4. The van der Waals surface area contributed by atoms with Crippen LogP contribution in [0.5, 0.6) is 0 Å². The molecule has 2 N–H and O–H groups in total. The first-order chi connectivity index (χ1) is 10.6. The van der Waals surface area contributed by atoms with Gasteiger partial charge in [-0.05, 0) is 44.6 Å². The summed E-state index contributed by atoms with van der Waals surface area (Å²) in [6.45, 7) is 2.80. The summed E-state index contributed by atoms with van der Waals surface area (Å²) in [6, 6.07) is 7.80. The lowest BCUT2D eigenvalue weighted by molar-refractivity contribution is -0.116. The molecule has 1 aromatic carbocycles. The molecule has 0 bridgehead atoms. The minimum absolute atomic E-state index is 0. The number of anilines is 1. The van der Waals surface area contributed by atoms with E-state index in [9.17, 15) is 4.79 Å². The summed E-state index contributed by atoms with van der Waals surface area (Å²) in [6.07, 6.45) is 2.10. The molecule has 0 aliphatic rings. The molecule has 0 saturated heterocycles. The van der Waals surface area contributed by atoms with Gasteiger partial charge >= 0.3 is 0 Å². The van der Waals surface area contributed by atoms with Gasteiger partial charge in [-0.3, -0.25) is 4.79 Å². The van der Waals surface area contributed by atoms with Crippen LogP contribution in [0.25, 0.3) is 0 Å². The van der Waals surface area contributed by atoms with Crippen molar-refractivity contribution >= 4 is 46.4 Å². The Hall–Kier alpha value is -1.14. The van der Waals surface area contributed by atoms with Gasteiger partial charge in [0, 0.05) is 22.7 Å². The lowest BCUT2D eigenvalue weighted by atomic mass is 10.1. The molecule has 2 aromatic rings. The smallest absolute Gasteiger partial charge is 0.226 e. The fraction of sp³-hybridized carbons (Fsp3) is 0.375. The normalized spacial score (nSPS) is 10.2. The zero-order valence-electron chi connectivity index (χ0n) is 13.2. The number of benzene rings is 1. The van der Waals surface area contributed by atoms with Crippen LogP contribution in [0.2, 0.25) is 5.02 Å². The van der Waals surface area contributed by atoms with Crippen LogP contribution >= 0.6 is 35.3 Å². The second kappa shape index (κ2) is 9.88. The minimum atomic E-state index is 0. The largest absolute Gasteiger partial charge is 0.320 e. The fourth-order valence-corrected chi connectivity index (χ4v) is 3.31. The third-order valence-electron chi connectivity index (χ3n) is 3.22. The number of nitrogens with one attached hydrogen (secondary N) is 2. The maximum atomic E-state index is 11.8. The molecule has 0 atom stereocenters. The zero-order chi connectivity index (χ0) is 15.9. The first kappa shape index (κ1) is 19.9. The molecule has 0 spiro atoms. The van der Waals surface area contributed by atoms with Crippen molar-refractivity contribution in [3.8, 4) is 0 Å². The SMILES string of the molecule is CNCCCC(=O)Nc1nc(C)c(Cc2cccc(Cl)c2)s1.Cl. The van der Waals surface area contributed by atoms with Crippen molar-refractivity contribution in [2.75, 3.05) is 18.9 Å². The molecule has 1 heterocycles. The molecule has 2 rings (SSSR count). The van der Waals surface area contributed by atoms with E-state index >= 15 is 0 Å². The standard InChI is InChI=1S/C16H20ClN3OS.ClH/c1-11-14(10-12-5-3-6-13(17)9-12)22-16(19-11)20-15(21)7-4-8-18-2;/h3,5-6,9,18H,4,7-8,10H2,1-2H3,(H,19,20,21);1H. The number of halogens is 2. The molecule has 4 nitrogen and oxygen atoms in total. The molecular formula is C16H21Cl2N3OS. The maximum absolute atomic E-state index is 11.8. The van der Waals surface area contributed by atoms with Crippen molar-refractivity contribution in [3.63, 3.8) is 0 Å². The third-order valence-corrected chi connectivity index (χ3v) is 4.53. The number of carbonyl (C=O) groups excluding carboxylic acids is 1. The van der Waals surface area contributed by atoms with Gasteiger partial charge < -0.3 is 10.6 Å². The van der Waals surface area contributed by atoms with Gasteiger partial charge in [0.2, 0.25) is 5.91 Å². The molecule has 0 radical (unpaired) electrons. The highest BCUT2D eigenvalue weighted by molar-refractivity contribution is 7.15. The summed E-state index contributed by atoms with van der Waals surface area (Å²) in [5.74, 6) is 0.0123. The fourth-order valence-electron chi connectivity index (χ4n) is 2.09. The predicted molar refractivity (Wildman–Crippen MR) is 100 cm³/mol. The van der Waals surface area contributed by atoms with Gasteiger partial charge in [-0.2, -0.15) is 0 Å². The van der Waals surface area contributed by atoms with Crippen molar-refractivity contribution in [3.05, 3.63) is 45.4 Å². The van der Waals surface area contributed by atoms with Crippen LogP contribution in [0.1, 0.15) is 29.0 Å². The van der Waals surface area contributed by atoms with Crippen LogP contribution in [0.15, 0.2) is 24.3 Å². The van der Waals surface area contributed by atoms with E-state index in [4.69, 9.17) is 11.6 Å². The van der Waals surface area contributed by atoms with Crippen molar-refractivity contribution in [2.45, 2.75) is 26.2 Å². The van der Waals surface area contributed by atoms with Gasteiger partial charge in [0.1, 0.15) is 0 Å². The number of thiazole rings is 1. The number of nitrogens with zero attached hydrogens (tertiary/aromatic N) is 1. The average Bonchev–Trinajstić information content (AvgIpc) is 2.79. The molecule has 0 aliphatic carbocycles. The summed E-state index contributed by atoms with van der Waals surface area (Å²) in [5, 5.41) is 7.31. The zero-order valence-corrected chi connectivity index (χ0v) is 15.6. The quantitative estimate of drug-likeness (QED) is 0.719. The van der Waals surface area contributed by atoms with Crippen molar-refractivity contribution in [1.29, 1.82) is 0 Å². The van der Waals surface area contributed by atoms with Crippen molar-refractivity contribution in [1.82, 2.24) is 10.3 Å². The van der Waals surface area contributed by atoms with E-state index in [1.165, 1.54) is 11.3 Å². The van der Waals surface area contributed by atoms with Crippen LogP contribution in [0.3, 0.4) is 0 Å². The second-order valence-electron chi connectivity index (χ2n) is 5.09. The van der Waals surface area contributed by atoms with Gasteiger partial charge in [-0.25, -0.2) is 4.98 Å². The number of amides is 1. The molecule has 1 amide bonds. The Labute approximate surface area is 152 Å². The Morgan fingerprint density at radius 3 is 2.87 bits per heavy atom. The van der Waals surface area contributed by atoms with E-state index in [2.05, 4.69) is 15.6 Å². The first-order valence-corrected chi connectivity index (χ1v) is 8.43. The number of hydrogen-bond donors (Lipinski definition) is 2. The molecule has 23 heavy (non-hydrogen) atoms. The number of aromatic nitrogens is 1. The highest BCUT2D eigenvalue weighted by atomic mass is 35.5. The van der Waals surface area contributed by atoms with E-state index in [0.717, 1.165) is 40.5 Å². The van der Waals surface area contributed by atoms with E-state index in [-0.39, 0.29) is 18.3 Å². The highest BCUT2D eigenvalue weighted by Gasteiger charge is 2.11. The Balaban J connectivity index is 0.00000264. The Kier molecular flexibility index (Phi) is 8.55. The lowest BCUT2D eigenvalue weighted by Gasteiger charge is -2.01. The third kappa shape index (κ3) is 6.47. The van der Waals surface area contributed by atoms with Gasteiger partial charge in [0.15, 0.2) is 5.13 Å². The number of aryl methyl sites for hydroxylation is 1. The number of carbonyl (C=O) groups is 1. The summed E-state index contributed by atoms with van der Waals surface area (Å²) in [5.41, 5.74) is 2.10. The van der Waals surface area contributed by atoms with Crippen LogP contribution < -0.4 is 10.6 Å². The molecule has 126 valence electrons. The molecule has 0 fully saturated rings. The number of hydrogen-bond acceptors (Lipinski definition) is 4. The van der Waals surface area contributed by atoms with Crippen LogP contribution in [0, 0.1) is 6.92 Å². The Morgan fingerprint density at radius 1 is 1.39 bits per heavy atom. The van der Waals surface area contributed by atoms with Crippen molar-refractivity contribution in [2.24, 2.45) is 0 Å². The van der Waals surface area contributed by atoms with Gasteiger partial charge in [0.25, 0.3) is 0 Å². The molecular weight excluding hydrogens is 353 g/mol. The van der Waals surface area contributed by atoms with Gasteiger partial charge in [0.05, 0.1) is 5.69 Å². The van der Waals surface area contributed by atoms with E-state index < -0.39 is 0 Å². The molecule has 7 heteroatoms. The summed E-state index contributed by atoms with van der Waals surface area (Å²) < 4.78 is 0. The first-order valence-electron chi connectivity index (χ1n) is 7.23. The Morgan fingerprint density at radius 2 is 2.17 bits per heavy atom. The molecule has 0 unspecified atom stereocenters. The maximum Gasteiger partial charge on any atom is 0.226 e. The van der Waals surface area contributed by atoms with Gasteiger partial charge in [-0.15, -0.1) is 23.7 Å². The van der Waals surface area contributed by atoms with Crippen LogP contribution in [-0.2, 0) is 11.2 Å². The topological polar surface area (TPSA) is 54.0 Å². The van der Waals surface area contributed by atoms with E-state index in [1.54, 1.807) is 0 Å². The lowest BCUT2D eigenvalue weighted by Crippen LogP contribution is -2.15. The van der Waals surface area contributed by atoms with Crippen LogP contribution in [-0.4, -0.2) is 24.5 Å². The monoisotopic (exact) mass is 373 g/mol. The van der Waals surface area contributed by atoms with Gasteiger partial charge in [-0.1, -0.05) is 23.7 Å². The van der Waals surface area contributed by atoms with Crippen molar-refractivity contribution < 1.29 is 4.79 Å². The van der Waals surface area contributed by atoms with E-state index in [1.807, 2.05) is 38.2 Å². The molecule has 0 saturated carbocycles. The van der Waals surface area contributed by atoms with E-state index in [0.29, 0.717) is 11.6 Å². The Bertz CT molecular complexity index is 646. The predicted octanol–water partition coefficient (Wildman–Crippen LogP) is 4.06. The number of rotatable bonds is 7. The minimum Gasteiger partial charge on any atom is -0.320 e. The summed E-state index contributed by atoms with van der Waals surface area (Å²) in [7, 11) is 1.88. The van der Waals surface area contributed by atoms with Crippen LogP contribution in [0.4, 0.5) is 5.13 Å². The second-order valence-corrected chi connectivity index (χ2v) is 6.61.